The van der Waals surface area contributed by atoms with Gasteiger partial charge in [0.2, 0.25) is 5.22 Å². The van der Waals surface area contributed by atoms with Gasteiger partial charge in [0.05, 0.1) is 0 Å². The average molecular weight is 241 g/mol. The molecule has 1 rings (SSSR count). The molecule has 0 spiro atoms. The van der Waals surface area contributed by atoms with Crippen molar-refractivity contribution < 1.29 is 35.7 Å². The minimum Gasteiger partial charge on any atom is -0.465 e. The van der Waals surface area contributed by atoms with Crippen LogP contribution < -0.4 is 0 Å². The molecule has 0 aromatic rings. The summed E-state index contributed by atoms with van der Waals surface area (Å²) in [5.41, 5.74) is 0. The summed E-state index contributed by atoms with van der Waals surface area (Å²) in [6.45, 7) is 0. The van der Waals surface area contributed by atoms with Crippen molar-refractivity contribution in [3.8, 4) is 0 Å². The van der Waals surface area contributed by atoms with Crippen LogP contribution in [0.25, 0.3) is 0 Å². The Kier molecular flexibility index (Phi) is 8.91. The van der Waals surface area contributed by atoms with Gasteiger partial charge in [0.15, 0.2) is 0 Å². The maximum Gasteiger partial charge on any atom is 0.228 e. The van der Waals surface area contributed by atoms with Gasteiger partial charge in [0, 0.05) is 26.2 Å². The molecule has 5 heteroatoms. The van der Waals surface area contributed by atoms with Crippen LogP contribution in [0.5, 0.6) is 0 Å². The molecule has 0 bridgehead atoms. The van der Waals surface area contributed by atoms with Crippen LogP contribution in [-0.4, -0.2) is 11.0 Å². The van der Waals surface area contributed by atoms with Crippen LogP contribution in [0.15, 0.2) is 24.0 Å². The third-order valence-electron chi connectivity index (χ3n) is 0.475. The molecule has 0 saturated heterocycles. The van der Waals surface area contributed by atoms with Gasteiger partial charge in [-0.3, -0.25) is 0 Å². The van der Waals surface area contributed by atoms with E-state index in [-0.39, 0.29) is 42.4 Å². The van der Waals surface area contributed by atoms with Gasteiger partial charge in [0.1, 0.15) is 18.8 Å². The van der Waals surface area contributed by atoms with Crippen molar-refractivity contribution >= 4 is 22.6 Å². The van der Waals surface area contributed by atoms with Crippen molar-refractivity contribution in [3.63, 3.8) is 0 Å². The Balaban J connectivity index is 0. The number of ether oxygens (including phenoxy) is 2. The fourth-order valence-corrected chi connectivity index (χ4v) is 0.348. The van der Waals surface area contributed by atoms with E-state index in [1.165, 1.54) is 18.8 Å². The average Bonchev–Trinajstić information content (AvgIpc) is 1.69. The van der Waals surface area contributed by atoms with E-state index in [4.69, 9.17) is 11.6 Å². The molecule has 49 valence electrons. The van der Waals surface area contributed by atoms with Gasteiger partial charge < -0.3 is 9.47 Å². The number of halogens is 1. The molecule has 0 aromatic heterocycles. The predicted octanol–water partition coefficient (Wildman–Crippen LogP) is 0.356. The zero-order valence-corrected chi connectivity index (χ0v) is 10.1. The molecule has 2 nitrogen and oxygen atoms in total. The first-order valence-corrected chi connectivity index (χ1v) is 2.10. The molecule has 1 aliphatic rings. The van der Waals surface area contributed by atoms with Crippen molar-refractivity contribution in [2.45, 2.75) is 0 Å². The first-order valence-electron chi connectivity index (χ1n) is 1.72. The van der Waals surface area contributed by atoms with Gasteiger partial charge in [0.25, 0.3) is 0 Å². The largest absolute Gasteiger partial charge is 0.465 e. The molecular formula is C4H6ClO2SiZr. The molecule has 0 fully saturated rings. The third-order valence-corrected chi connectivity index (χ3v) is 0.654. The van der Waals surface area contributed by atoms with E-state index < -0.39 is 0 Å². The fourth-order valence-electron chi connectivity index (χ4n) is 0.245. The molecule has 0 N–H and O–H groups in total. The van der Waals surface area contributed by atoms with Crippen molar-refractivity contribution in [1.29, 1.82) is 0 Å². The van der Waals surface area contributed by atoms with Crippen LogP contribution in [0.3, 0.4) is 0 Å². The Morgan fingerprint density at radius 2 is 2.00 bits per heavy atom. The Labute approximate surface area is 82.0 Å². The van der Waals surface area contributed by atoms with Gasteiger partial charge in [-0.2, -0.15) is 0 Å². The zero-order valence-electron chi connectivity index (χ0n) is 4.93. The number of rotatable bonds is 0. The van der Waals surface area contributed by atoms with Crippen molar-refractivity contribution in [1.82, 2.24) is 0 Å². The first kappa shape index (κ1) is 12.2. The molecule has 1 radical (unpaired) electrons. The Morgan fingerprint density at radius 1 is 1.33 bits per heavy atom. The van der Waals surface area contributed by atoms with E-state index in [1.807, 2.05) is 0 Å². The van der Waals surface area contributed by atoms with Crippen LogP contribution in [0.4, 0.5) is 0 Å². The molecule has 0 amide bonds. The molecule has 1 heterocycles. The van der Waals surface area contributed by atoms with E-state index in [0.29, 0.717) is 0 Å². The molecule has 0 atom stereocenters. The fraction of sp³-hybridized carbons (Fsp3) is 0. The molecule has 9 heavy (non-hydrogen) atoms. The van der Waals surface area contributed by atoms with Crippen LogP contribution in [0, 0.1) is 0 Å². The minimum absolute atomic E-state index is 0. The van der Waals surface area contributed by atoms with Crippen LogP contribution in [0.1, 0.15) is 0 Å². The minimum atomic E-state index is 0. The standard InChI is InChI=1S/C4H3ClO2.H3Si.Zr/c5-4-3-6-1-2-7-4;;/h1-3H;1H3;. The maximum absolute atomic E-state index is 5.28. The second-order valence-electron chi connectivity index (χ2n) is 0.948. The van der Waals surface area contributed by atoms with Crippen LogP contribution in [0.2, 0.25) is 0 Å². The topological polar surface area (TPSA) is 18.5 Å². The van der Waals surface area contributed by atoms with Crippen molar-refractivity contribution in [2.24, 2.45) is 0 Å². The molecule has 0 unspecified atom stereocenters. The van der Waals surface area contributed by atoms with E-state index in [0.717, 1.165) is 0 Å². The van der Waals surface area contributed by atoms with Gasteiger partial charge >= 0.3 is 0 Å². The quantitative estimate of drug-likeness (QED) is 0.570. The molecular weight excluding hydrogens is 235 g/mol. The summed E-state index contributed by atoms with van der Waals surface area (Å²) in [6.07, 6.45) is 4.07. The summed E-state index contributed by atoms with van der Waals surface area (Å²) in [7, 11) is 0. The zero-order chi connectivity index (χ0) is 5.11. The van der Waals surface area contributed by atoms with Crippen molar-refractivity contribution in [2.75, 3.05) is 0 Å². The summed E-state index contributed by atoms with van der Waals surface area (Å²) < 4.78 is 9.18. The Morgan fingerprint density at radius 3 is 2.22 bits per heavy atom. The number of hydrogen-bond acceptors (Lipinski definition) is 2. The normalized spacial score (nSPS) is 13.2. The summed E-state index contributed by atoms with van der Waals surface area (Å²) in [4.78, 5) is 0. The van der Waals surface area contributed by atoms with E-state index in [2.05, 4.69) is 9.47 Å². The summed E-state index contributed by atoms with van der Waals surface area (Å²) in [5, 5.41) is 0.252. The summed E-state index contributed by atoms with van der Waals surface area (Å²) >= 11 is 5.28. The molecule has 0 aromatic carbocycles. The third kappa shape index (κ3) is 4.94. The van der Waals surface area contributed by atoms with Crippen LogP contribution in [-0.2, 0) is 35.7 Å². The van der Waals surface area contributed by atoms with Gasteiger partial charge in [-0.15, -0.1) is 0 Å². The number of hydrogen-bond donors (Lipinski definition) is 0. The Hall–Kier alpha value is 0.470. The monoisotopic (exact) mass is 239 g/mol. The van der Waals surface area contributed by atoms with Gasteiger partial charge in [-0.1, -0.05) is 0 Å². The van der Waals surface area contributed by atoms with Crippen molar-refractivity contribution in [3.05, 3.63) is 24.0 Å². The smallest absolute Gasteiger partial charge is 0.228 e. The van der Waals surface area contributed by atoms with E-state index in [9.17, 15) is 0 Å². The SMILES string of the molecule is ClC1=COC=CO1.[SiH3].[Zr]. The summed E-state index contributed by atoms with van der Waals surface area (Å²) in [5.74, 6) is 0. The first-order chi connectivity index (χ1) is 3.39. The Bertz CT molecular complexity index is 126. The molecule has 0 saturated carbocycles. The molecule has 0 aliphatic carbocycles. The van der Waals surface area contributed by atoms with Gasteiger partial charge in [-0.05, 0) is 22.6 Å². The summed E-state index contributed by atoms with van der Waals surface area (Å²) in [6, 6.07) is 0. The van der Waals surface area contributed by atoms with Crippen LogP contribution >= 0.6 is 11.6 Å². The van der Waals surface area contributed by atoms with Gasteiger partial charge in [-0.25, -0.2) is 0 Å². The second kappa shape index (κ2) is 6.59. The maximum atomic E-state index is 5.28. The molecule has 1 aliphatic heterocycles. The second-order valence-corrected chi connectivity index (χ2v) is 1.32. The predicted molar refractivity (Wildman–Crippen MR) is 35.2 cm³/mol. The van der Waals surface area contributed by atoms with E-state index in [1.54, 1.807) is 0 Å². The van der Waals surface area contributed by atoms with E-state index >= 15 is 0 Å².